The Hall–Kier alpha value is -4.68. The van der Waals surface area contributed by atoms with Gasteiger partial charge in [0.15, 0.2) is 5.82 Å². The molecule has 11 nitrogen and oxygen atoms in total. The van der Waals surface area contributed by atoms with Gasteiger partial charge in [-0.15, -0.1) is 0 Å². The molecule has 1 saturated carbocycles. The molecule has 2 aromatic carbocycles. The first-order chi connectivity index (χ1) is 26.1. The SMILES string of the molecule is Cc1c(Cc2nccc3cc(CN[C@@H](C)CO)cnc23)cccc1-c1cccc(NC(=O)c2nc3c(n2C)CCN(CC2CCC(C(=O)O)CC2)C3)c1Cl. The van der Waals surface area contributed by atoms with Crippen molar-refractivity contribution in [2.45, 2.75) is 71.5 Å². The zero-order valence-corrected chi connectivity index (χ0v) is 31.9. The lowest BCUT2D eigenvalue weighted by molar-refractivity contribution is -0.143. The number of imidazole rings is 1. The van der Waals surface area contributed by atoms with E-state index in [-0.39, 0.29) is 24.5 Å². The van der Waals surface area contributed by atoms with Crippen molar-refractivity contribution in [3.63, 3.8) is 0 Å². The Morgan fingerprint density at radius 2 is 1.83 bits per heavy atom. The number of hydrogen-bond donors (Lipinski definition) is 4. The van der Waals surface area contributed by atoms with Gasteiger partial charge in [-0.25, -0.2) is 4.98 Å². The molecule has 0 bridgehead atoms. The number of anilines is 1. The number of halogens is 1. The van der Waals surface area contributed by atoms with Crippen LogP contribution in [-0.2, 0) is 37.8 Å². The maximum absolute atomic E-state index is 13.7. The molecule has 1 amide bonds. The number of carboxylic acid groups (broad SMARTS) is 1. The minimum absolute atomic E-state index is 0.00376. The van der Waals surface area contributed by atoms with Crippen molar-refractivity contribution in [2.24, 2.45) is 18.9 Å². The van der Waals surface area contributed by atoms with E-state index in [9.17, 15) is 19.8 Å². The molecule has 7 rings (SSSR count). The zero-order valence-electron chi connectivity index (χ0n) is 31.1. The number of hydrogen-bond acceptors (Lipinski definition) is 8. The van der Waals surface area contributed by atoms with Crippen LogP contribution in [0.5, 0.6) is 0 Å². The van der Waals surface area contributed by atoms with Crippen LogP contribution in [-0.4, -0.2) is 72.2 Å². The number of fused-ring (bicyclic) bond motifs is 2. The molecular formula is C42H48ClN7O4. The first-order valence-electron chi connectivity index (χ1n) is 18.8. The number of benzene rings is 2. The Morgan fingerprint density at radius 3 is 2.61 bits per heavy atom. The van der Waals surface area contributed by atoms with Gasteiger partial charge in [-0.2, -0.15) is 0 Å². The maximum Gasteiger partial charge on any atom is 0.306 e. The molecule has 0 spiro atoms. The molecule has 5 aromatic rings. The number of aliphatic carboxylic acids is 1. The van der Waals surface area contributed by atoms with E-state index in [0.29, 0.717) is 42.0 Å². The van der Waals surface area contributed by atoms with Crippen LogP contribution in [0.1, 0.15) is 77.0 Å². The number of carbonyl (C=O) groups is 2. The minimum Gasteiger partial charge on any atom is -0.481 e. The van der Waals surface area contributed by atoms with Gasteiger partial charge in [-0.1, -0.05) is 41.9 Å². The Morgan fingerprint density at radius 1 is 1.06 bits per heavy atom. The Labute approximate surface area is 320 Å². The average Bonchev–Trinajstić information content (AvgIpc) is 3.51. The third-order valence-corrected chi connectivity index (χ3v) is 11.7. The smallest absolute Gasteiger partial charge is 0.306 e. The predicted octanol–water partition coefficient (Wildman–Crippen LogP) is 6.55. The van der Waals surface area contributed by atoms with Crippen LogP contribution in [0.15, 0.2) is 60.9 Å². The summed E-state index contributed by atoms with van der Waals surface area (Å²) in [4.78, 5) is 41.8. The maximum atomic E-state index is 13.7. The normalized spacial score (nSPS) is 18.0. The van der Waals surface area contributed by atoms with Crippen molar-refractivity contribution in [1.82, 2.24) is 29.7 Å². The number of aliphatic hydroxyl groups excluding tert-OH is 1. The highest BCUT2D eigenvalue weighted by Gasteiger charge is 2.30. The molecule has 1 atom stereocenters. The lowest BCUT2D eigenvalue weighted by atomic mass is 9.81. The van der Waals surface area contributed by atoms with Gasteiger partial charge >= 0.3 is 5.97 Å². The number of amides is 1. The molecule has 1 aliphatic heterocycles. The fourth-order valence-corrected chi connectivity index (χ4v) is 8.28. The van der Waals surface area contributed by atoms with E-state index < -0.39 is 5.97 Å². The van der Waals surface area contributed by atoms with Gasteiger partial charge in [0.1, 0.15) is 0 Å². The molecule has 3 aromatic heterocycles. The molecule has 1 fully saturated rings. The van der Waals surface area contributed by atoms with Gasteiger partial charge in [-0.05, 0) is 85.9 Å². The lowest BCUT2D eigenvalue weighted by Gasteiger charge is -2.33. The summed E-state index contributed by atoms with van der Waals surface area (Å²) >= 11 is 7.06. The summed E-state index contributed by atoms with van der Waals surface area (Å²) in [5.41, 5.74) is 9.23. The summed E-state index contributed by atoms with van der Waals surface area (Å²) < 4.78 is 1.90. The number of nitrogens with zero attached hydrogens (tertiary/aromatic N) is 5. The number of carboxylic acids is 1. The molecule has 4 N–H and O–H groups in total. The highest BCUT2D eigenvalue weighted by molar-refractivity contribution is 6.36. The molecular weight excluding hydrogens is 702 g/mol. The predicted molar refractivity (Wildman–Crippen MR) is 211 cm³/mol. The van der Waals surface area contributed by atoms with Crippen LogP contribution in [0.3, 0.4) is 0 Å². The molecule has 4 heterocycles. The number of aliphatic hydroxyl groups is 1. The van der Waals surface area contributed by atoms with Crippen molar-refractivity contribution in [3.05, 3.63) is 106 Å². The molecule has 54 heavy (non-hydrogen) atoms. The number of nitrogens with one attached hydrogen (secondary N) is 2. The Bertz CT molecular complexity index is 2180. The van der Waals surface area contributed by atoms with Crippen LogP contribution < -0.4 is 10.6 Å². The minimum atomic E-state index is -0.675. The molecule has 0 unspecified atom stereocenters. The average molecular weight is 750 g/mol. The number of pyridine rings is 2. The summed E-state index contributed by atoms with van der Waals surface area (Å²) in [5, 5.41) is 26.5. The second-order valence-electron chi connectivity index (χ2n) is 15.0. The summed E-state index contributed by atoms with van der Waals surface area (Å²) in [5.74, 6) is -0.361. The van der Waals surface area contributed by atoms with Crippen LogP contribution >= 0.6 is 11.6 Å². The van der Waals surface area contributed by atoms with Crippen molar-refractivity contribution >= 4 is 40.1 Å². The van der Waals surface area contributed by atoms with Gasteiger partial charge in [0.25, 0.3) is 5.91 Å². The molecule has 0 saturated heterocycles. The third-order valence-electron chi connectivity index (χ3n) is 11.3. The number of carbonyl (C=O) groups excluding carboxylic acids is 1. The van der Waals surface area contributed by atoms with Crippen LogP contribution in [0.2, 0.25) is 5.02 Å². The number of rotatable bonds is 12. The highest BCUT2D eigenvalue weighted by atomic mass is 35.5. The third kappa shape index (κ3) is 8.05. The van der Waals surface area contributed by atoms with Crippen molar-refractivity contribution in [3.8, 4) is 11.1 Å². The fourth-order valence-electron chi connectivity index (χ4n) is 8.01. The summed E-state index contributed by atoms with van der Waals surface area (Å²) in [7, 11) is 1.90. The van der Waals surface area contributed by atoms with E-state index in [1.807, 2.05) is 67.3 Å². The van der Waals surface area contributed by atoms with Crippen LogP contribution in [0.4, 0.5) is 5.69 Å². The van der Waals surface area contributed by atoms with E-state index in [1.54, 1.807) is 0 Å². The molecule has 1 aliphatic carbocycles. The largest absolute Gasteiger partial charge is 0.481 e. The summed E-state index contributed by atoms with van der Waals surface area (Å²) in [6.45, 7) is 7.20. The summed E-state index contributed by atoms with van der Waals surface area (Å²) in [6.07, 6.45) is 8.43. The number of aromatic nitrogens is 4. The molecule has 0 radical (unpaired) electrons. The Kier molecular flexibility index (Phi) is 11.4. The van der Waals surface area contributed by atoms with E-state index in [1.165, 1.54) is 0 Å². The monoisotopic (exact) mass is 749 g/mol. The Balaban J connectivity index is 1.05. The van der Waals surface area contributed by atoms with E-state index in [0.717, 1.165) is 101 Å². The first kappa shape index (κ1) is 37.6. The van der Waals surface area contributed by atoms with Crippen LogP contribution in [0.25, 0.3) is 22.0 Å². The van der Waals surface area contributed by atoms with E-state index >= 15 is 0 Å². The second-order valence-corrected chi connectivity index (χ2v) is 15.3. The standard InChI is InChI=1S/C42H48ClN7O4/c1-25(24-51)45-20-28-18-31-14-16-44-35(39(31)46-21-28)19-30-6-4-7-32(26(30)2)33-8-5-9-34(38(33)43)48-41(52)40-47-36-23-50(17-15-37(36)49(40)3)22-27-10-12-29(13-11-27)42(53)54/h4-9,14,16,18,21,25,27,29,45,51H,10-13,15,17,19-20,22-24H2,1-3H3,(H,48,52)(H,53,54)/t25-,27?,29?/m0/s1. The molecule has 2 aliphatic rings. The van der Waals surface area contributed by atoms with Crippen molar-refractivity contribution < 1.29 is 19.8 Å². The topological polar surface area (TPSA) is 146 Å². The van der Waals surface area contributed by atoms with Gasteiger partial charge in [0.2, 0.25) is 0 Å². The van der Waals surface area contributed by atoms with Crippen LogP contribution in [0, 0.1) is 18.8 Å². The fraction of sp³-hybridized carbons (Fsp3) is 0.405. The highest BCUT2D eigenvalue weighted by Crippen LogP contribution is 2.37. The quantitative estimate of drug-likeness (QED) is 0.112. The van der Waals surface area contributed by atoms with Crippen molar-refractivity contribution in [1.29, 1.82) is 0 Å². The molecule has 12 heteroatoms. The van der Waals surface area contributed by atoms with E-state index in [2.05, 4.69) is 34.6 Å². The molecule has 282 valence electrons. The lowest BCUT2D eigenvalue weighted by Crippen LogP contribution is -2.36. The van der Waals surface area contributed by atoms with Gasteiger partial charge < -0.3 is 25.4 Å². The first-order valence-corrected chi connectivity index (χ1v) is 19.2. The van der Waals surface area contributed by atoms with Crippen molar-refractivity contribution in [2.75, 3.05) is 25.0 Å². The summed E-state index contributed by atoms with van der Waals surface area (Å²) in [6, 6.07) is 15.9. The second kappa shape index (κ2) is 16.4. The van der Waals surface area contributed by atoms with E-state index in [4.69, 9.17) is 26.6 Å². The van der Waals surface area contributed by atoms with Gasteiger partial charge in [0, 0.05) is 81.1 Å². The van der Waals surface area contributed by atoms with Gasteiger partial charge in [0.05, 0.1) is 40.1 Å². The van der Waals surface area contributed by atoms with Gasteiger partial charge in [-0.3, -0.25) is 24.5 Å². The zero-order chi connectivity index (χ0) is 37.9.